The van der Waals surface area contributed by atoms with E-state index in [0.717, 1.165) is 23.6 Å². The Hall–Kier alpha value is -1.29. The normalized spacial score (nSPS) is 18.6. The minimum atomic E-state index is 0.559. The number of aromatic nitrogens is 1. The van der Waals surface area contributed by atoms with E-state index < -0.39 is 0 Å². The first-order valence-corrected chi connectivity index (χ1v) is 6.87. The summed E-state index contributed by atoms with van der Waals surface area (Å²) < 4.78 is 0. The predicted octanol–water partition coefficient (Wildman–Crippen LogP) is 2.26. The van der Waals surface area contributed by atoms with Gasteiger partial charge in [-0.2, -0.15) is 0 Å². The highest BCUT2D eigenvalue weighted by atomic mass is 15.2. The molecule has 1 atom stereocenters. The van der Waals surface area contributed by atoms with Crippen molar-refractivity contribution < 1.29 is 0 Å². The summed E-state index contributed by atoms with van der Waals surface area (Å²) in [4.78, 5) is 6.90. The summed E-state index contributed by atoms with van der Waals surface area (Å²) >= 11 is 0. The van der Waals surface area contributed by atoms with Crippen LogP contribution in [-0.4, -0.2) is 35.6 Å². The lowest BCUT2D eigenvalue weighted by Crippen LogP contribution is -2.41. The molecule has 2 heterocycles. The number of pyridine rings is 1. The van der Waals surface area contributed by atoms with Gasteiger partial charge in [0.15, 0.2) is 0 Å². The highest BCUT2D eigenvalue weighted by molar-refractivity contribution is 5.50. The van der Waals surface area contributed by atoms with Crippen LogP contribution >= 0.6 is 0 Å². The minimum absolute atomic E-state index is 0.559. The lowest BCUT2D eigenvalue weighted by atomic mass is 10.1. The van der Waals surface area contributed by atoms with Crippen LogP contribution in [0.3, 0.4) is 0 Å². The Morgan fingerprint density at radius 3 is 2.78 bits per heavy atom. The van der Waals surface area contributed by atoms with Crippen molar-refractivity contribution in [3.05, 3.63) is 17.8 Å². The SMILES string of the molecule is Cc1cc(N)cnc1NCC(C)N1CCCCC1. The van der Waals surface area contributed by atoms with Gasteiger partial charge in [0.05, 0.1) is 11.9 Å². The predicted molar refractivity (Wildman–Crippen MR) is 76.8 cm³/mol. The summed E-state index contributed by atoms with van der Waals surface area (Å²) in [5.41, 5.74) is 7.54. The molecule has 0 amide bonds. The molecule has 0 radical (unpaired) electrons. The third-order valence-corrected chi connectivity index (χ3v) is 3.68. The van der Waals surface area contributed by atoms with Crippen LogP contribution in [0.1, 0.15) is 31.7 Å². The van der Waals surface area contributed by atoms with Crippen LogP contribution in [0.5, 0.6) is 0 Å². The fourth-order valence-corrected chi connectivity index (χ4v) is 2.51. The molecule has 1 aliphatic heterocycles. The highest BCUT2D eigenvalue weighted by Crippen LogP contribution is 2.16. The fourth-order valence-electron chi connectivity index (χ4n) is 2.51. The van der Waals surface area contributed by atoms with Gasteiger partial charge in [-0.05, 0) is 51.4 Å². The molecule has 1 unspecified atom stereocenters. The molecular formula is C14H24N4. The Bertz CT molecular complexity index is 385. The number of likely N-dealkylation sites (tertiary alicyclic amines) is 1. The maximum Gasteiger partial charge on any atom is 0.129 e. The van der Waals surface area contributed by atoms with Gasteiger partial charge >= 0.3 is 0 Å². The zero-order chi connectivity index (χ0) is 13.0. The van der Waals surface area contributed by atoms with Crippen LogP contribution < -0.4 is 11.1 Å². The van der Waals surface area contributed by atoms with Crippen LogP contribution in [0.25, 0.3) is 0 Å². The number of nitrogen functional groups attached to an aromatic ring is 1. The van der Waals surface area contributed by atoms with E-state index in [2.05, 4.69) is 22.1 Å². The summed E-state index contributed by atoms with van der Waals surface area (Å²) in [6.45, 7) is 7.73. The van der Waals surface area contributed by atoms with Gasteiger partial charge in [-0.3, -0.25) is 4.90 Å². The van der Waals surface area contributed by atoms with Gasteiger partial charge < -0.3 is 11.1 Å². The molecule has 1 aliphatic rings. The van der Waals surface area contributed by atoms with Gasteiger partial charge in [-0.1, -0.05) is 6.42 Å². The highest BCUT2D eigenvalue weighted by Gasteiger charge is 2.16. The topological polar surface area (TPSA) is 54.2 Å². The van der Waals surface area contributed by atoms with Crippen molar-refractivity contribution >= 4 is 11.5 Å². The van der Waals surface area contributed by atoms with E-state index in [9.17, 15) is 0 Å². The Balaban J connectivity index is 1.86. The summed E-state index contributed by atoms with van der Waals surface area (Å²) in [5, 5.41) is 3.43. The zero-order valence-corrected chi connectivity index (χ0v) is 11.4. The monoisotopic (exact) mass is 248 g/mol. The van der Waals surface area contributed by atoms with Crippen LogP contribution in [0.2, 0.25) is 0 Å². The Kier molecular flexibility index (Phi) is 4.42. The second kappa shape index (κ2) is 6.05. The minimum Gasteiger partial charge on any atom is -0.397 e. The molecule has 1 fully saturated rings. The molecule has 1 saturated heterocycles. The number of nitrogens with zero attached hydrogens (tertiary/aromatic N) is 2. The molecule has 0 aromatic carbocycles. The molecule has 4 heteroatoms. The van der Waals surface area contributed by atoms with E-state index in [1.165, 1.54) is 32.4 Å². The van der Waals surface area contributed by atoms with Crippen molar-refractivity contribution in [1.29, 1.82) is 0 Å². The quantitative estimate of drug-likeness (QED) is 0.858. The lowest BCUT2D eigenvalue weighted by molar-refractivity contribution is 0.180. The Labute approximate surface area is 110 Å². The van der Waals surface area contributed by atoms with Crippen molar-refractivity contribution in [2.24, 2.45) is 0 Å². The molecule has 0 spiro atoms. The molecule has 4 nitrogen and oxygen atoms in total. The van der Waals surface area contributed by atoms with E-state index in [0.29, 0.717) is 6.04 Å². The Morgan fingerprint density at radius 2 is 2.11 bits per heavy atom. The number of anilines is 2. The van der Waals surface area contributed by atoms with E-state index in [1.807, 2.05) is 13.0 Å². The lowest BCUT2D eigenvalue weighted by Gasteiger charge is -2.32. The van der Waals surface area contributed by atoms with Crippen molar-refractivity contribution in [3.8, 4) is 0 Å². The van der Waals surface area contributed by atoms with Crippen molar-refractivity contribution in [2.45, 2.75) is 39.2 Å². The molecule has 100 valence electrons. The van der Waals surface area contributed by atoms with Gasteiger partial charge in [0.25, 0.3) is 0 Å². The number of aryl methyl sites for hydroxylation is 1. The van der Waals surface area contributed by atoms with Gasteiger partial charge in [-0.25, -0.2) is 4.98 Å². The van der Waals surface area contributed by atoms with E-state index in [4.69, 9.17) is 5.73 Å². The smallest absolute Gasteiger partial charge is 0.129 e. The summed E-state index contributed by atoms with van der Waals surface area (Å²) in [6, 6.07) is 2.52. The fraction of sp³-hybridized carbons (Fsp3) is 0.643. The average molecular weight is 248 g/mol. The van der Waals surface area contributed by atoms with E-state index >= 15 is 0 Å². The van der Waals surface area contributed by atoms with Crippen LogP contribution in [-0.2, 0) is 0 Å². The Morgan fingerprint density at radius 1 is 1.39 bits per heavy atom. The first-order valence-electron chi connectivity index (χ1n) is 6.87. The number of nitrogens with two attached hydrogens (primary N) is 1. The molecule has 0 saturated carbocycles. The molecule has 1 aromatic rings. The van der Waals surface area contributed by atoms with Crippen molar-refractivity contribution in [3.63, 3.8) is 0 Å². The maximum absolute atomic E-state index is 5.70. The molecule has 1 aromatic heterocycles. The van der Waals surface area contributed by atoms with Crippen LogP contribution in [0.4, 0.5) is 11.5 Å². The third kappa shape index (κ3) is 3.35. The maximum atomic E-state index is 5.70. The molecule has 0 bridgehead atoms. The first-order chi connectivity index (χ1) is 8.66. The van der Waals surface area contributed by atoms with E-state index in [-0.39, 0.29) is 0 Å². The summed E-state index contributed by atoms with van der Waals surface area (Å²) in [6.07, 6.45) is 5.77. The number of rotatable bonds is 4. The largest absolute Gasteiger partial charge is 0.397 e. The number of hydrogen-bond donors (Lipinski definition) is 2. The summed E-state index contributed by atoms with van der Waals surface area (Å²) in [7, 11) is 0. The number of hydrogen-bond acceptors (Lipinski definition) is 4. The average Bonchev–Trinajstić information content (AvgIpc) is 2.38. The zero-order valence-electron chi connectivity index (χ0n) is 11.4. The molecule has 3 N–H and O–H groups in total. The third-order valence-electron chi connectivity index (χ3n) is 3.68. The molecule has 2 rings (SSSR count). The molecule has 18 heavy (non-hydrogen) atoms. The second-order valence-corrected chi connectivity index (χ2v) is 5.26. The molecule has 0 aliphatic carbocycles. The second-order valence-electron chi connectivity index (χ2n) is 5.26. The molecular weight excluding hydrogens is 224 g/mol. The van der Waals surface area contributed by atoms with Gasteiger partial charge in [0, 0.05) is 12.6 Å². The van der Waals surface area contributed by atoms with E-state index in [1.54, 1.807) is 6.20 Å². The van der Waals surface area contributed by atoms with Gasteiger partial charge in [0.1, 0.15) is 5.82 Å². The van der Waals surface area contributed by atoms with Gasteiger partial charge in [-0.15, -0.1) is 0 Å². The number of piperidine rings is 1. The number of nitrogens with one attached hydrogen (secondary N) is 1. The van der Waals surface area contributed by atoms with Crippen molar-refractivity contribution in [1.82, 2.24) is 9.88 Å². The van der Waals surface area contributed by atoms with Crippen LogP contribution in [0.15, 0.2) is 12.3 Å². The summed E-state index contributed by atoms with van der Waals surface area (Å²) in [5.74, 6) is 0.952. The van der Waals surface area contributed by atoms with Gasteiger partial charge in [0.2, 0.25) is 0 Å². The first kappa shape index (κ1) is 13.1. The van der Waals surface area contributed by atoms with Crippen molar-refractivity contribution in [2.75, 3.05) is 30.7 Å². The van der Waals surface area contributed by atoms with Crippen LogP contribution in [0, 0.1) is 6.92 Å². The standard InChI is InChI=1S/C14H24N4/c1-11-8-13(15)10-17-14(11)16-9-12(2)18-6-4-3-5-7-18/h8,10,12H,3-7,9,15H2,1-2H3,(H,16,17).